The summed E-state index contributed by atoms with van der Waals surface area (Å²) >= 11 is 0. The number of fused-ring (bicyclic) bond motifs is 1. The fraction of sp³-hybridized carbons (Fsp3) is 0.375. The quantitative estimate of drug-likeness (QED) is 0.589. The zero-order valence-corrected chi connectivity index (χ0v) is 19.6. The maximum atomic E-state index is 12.9. The van der Waals surface area contributed by atoms with Crippen LogP contribution in [0.3, 0.4) is 0 Å². The van der Waals surface area contributed by atoms with Gasteiger partial charge in [0, 0.05) is 39.7 Å². The lowest BCUT2D eigenvalue weighted by molar-refractivity contribution is 0.327. The van der Waals surface area contributed by atoms with Crippen molar-refractivity contribution in [1.29, 1.82) is 0 Å². The SMILES string of the molecule is COc1cc2[nH]c(N(C)Cc3cccc(/N=C4/CCCN4C)c3)nc(=O)c2c(OC)c1OC. The van der Waals surface area contributed by atoms with Crippen LogP contribution in [0.4, 0.5) is 11.6 Å². The number of anilines is 1. The molecule has 0 atom stereocenters. The van der Waals surface area contributed by atoms with Gasteiger partial charge in [0.1, 0.15) is 11.2 Å². The van der Waals surface area contributed by atoms with E-state index in [9.17, 15) is 4.79 Å². The average Bonchev–Trinajstić information content (AvgIpc) is 3.21. The summed E-state index contributed by atoms with van der Waals surface area (Å²) in [6.07, 6.45) is 2.14. The number of hydrogen-bond acceptors (Lipinski definition) is 7. The maximum absolute atomic E-state index is 12.9. The predicted molar refractivity (Wildman–Crippen MR) is 130 cm³/mol. The minimum absolute atomic E-state index is 0.290. The number of H-pyrrole nitrogens is 1. The summed E-state index contributed by atoms with van der Waals surface area (Å²) in [5.74, 6) is 2.65. The van der Waals surface area contributed by atoms with E-state index in [-0.39, 0.29) is 0 Å². The third kappa shape index (κ3) is 4.44. The molecule has 0 spiro atoms. The summed E-state index contributed by atoms with van der Waals surface area (Å²) in [6, 6.07) is 9.81. The third-order valence-electron chi connectivity index (χ3n) is 5.78. The van der Waals surface area contributed by atoms with Crippen molar-refractivity contribution in [2.45, 2.75) is 19.4 Å². The summed E-state index contributed by atoms with van der Waals surface area (Å²) in [5, 5.41) is 0.311. The van der Waals surface area contributed by atoms with Crippen molar-refractivity contribution in [1.82, 2.24) is 14.9 Å². The van der Waals surface area contributed by atoms with E-state index in [1.807, 2.05) is 30.1 Å². The molecule has 1 saturated heterocycles. The van der Waals surface area contributed by atoms with Gasteiger partial charge in [-0.1, -0.05) is 12.1 Å². The second-order valence-electron chi connectivity index (χ2n) is 8.01. The van der Waals surface area contributed by atoms with Gasteiger partial charge in [-0.25, -0.2) is 4.99 Å². The Morgan fingerprint density at radius 3 is 2.61 bits per heavy atom. The molecule has 0 bridgehead atoms. The Morgan fingerprint density at radius 2 is 1.94 bits per heavy atom. The number of hydrogen-bond donors (Lipinski definition) is 1. The third-order valence-corrected chi connectivity index (χ3v) is 5.78. The number of ether oxygens (including phenoxy) is 3. The van der Waals surface area contributed by atoms with Crippen LogP contribution in [-0.4, -0.2) is 62.7 Å². The fourth-order valence-corrected chi connectivity index (χ4v) is 4.11. The van der Waals surface area contributed by atoms with E-state index < -0.39 is 5.56 Å². The molecule has 2 heterocycles. The Labute approximate surface area is 192 Å². The second kappa shape index (κ2) is 9.40. The first-order chi connectivity index (χ1) is 15.9. The standard InChI is InChI=1S/C24H29N5O4/c1-28-11-7-10-19(28)25-16-9-6-8-15(12-16)14-29(2)24-26-17-13-18(31-3)21(32-4)22(33-5)20(17)23(30)27-24/h6,8-9,12-13H,7,10-11,14H2,1-5H3,(H,26,27,30)/b25-19-. The van der Waals surface area contributed by atoms with Crippen molar-refractivity contribution in [3.05, 3.63) is 46.2 Å². The molecule has 9 heteroatoms. The summed E-state index contributed by atoms with van der Waals surface area (Å²) in [4.78, 5) is 29.3. The van der Waals surface area contributed by atoms with Gasteiger partial charge in [0.25, 0.3) is 5.56 Å². The van der Waals surface area contributed by atoms with Crippen LogP contribution in [-0.2, 0) is 6.54 Å². The number of aliphatic imine (C=N–C) groups is 1. The largest absolute Gasteiger partial charge is 0.493 e. The van der Waals surface area contributed by atoms with Gasteiger partial charge in [-0.05, 0) is 24.1 Å². The van der Waals surface area contributed by atoms with Crippen molar-refractivity contribution in [2.24, 2.45) is 4.99 Å². The number of nitrogens with one attached hydrogen (secondary N) is 1. The van der Waals surface area contributed by atoms with Crippen molar-refractivity contribution in [2.75, 3.05) is 46.9 Å². The Balaban J connectivity index is 1.66. The topological polar surface area (TPSA) is 92.3 Å². The summed E-state index contributed by atoms with van der Waals surface area (Å²) < 4.78 is 16.3. The first kappa shape index (κ1) is 22.4. The molecule has 2 aromatic carbocycles. The van der Waals surface area contributed by atoms with Crippen LogP contribution in [0.1, 0.15) is 18.4 Å². The Morgan fingerprint density at radius 1 is 1.15 bits per heavy atom. The van der Waals surface area contributed by atoms with E-state index >= 15 is 0 Å². The van der Waals surface area contributed by atoms with Gasteiger partial charge in [0.05, 0.1) is 32.5 Å². The lowest BCUT2D eigenvalue weighted by Gasteiger charge is -2.20. The molecule has 33 heavy (non-hydrogen) atoms. The van der Waals surface area contributed by atoms with Crippen LogP contribution in [0.5, 0.6) is 17.2 Å². The van der Waals surface area contributed by atoms with Crippen molar-refractivity contribution in [3.63, 3.8) is 0 Å². The van der Waals surface area contributed by atoms with Crippen LogP contribution in [0.15, 0.2) is 40.1 Å². The van der Waals surface area contributed by atoms with E-state index in [0.717, 1.165) is 36.5 Å². The van der Waals surface area contributed by atoms with Gasteiger partial charge in [-0.2, -0.15) is 4.98 Å². The van der Waals surface area contributed by atoms with Crippen LogP contribution < -0.4 is 24.7 Å². The maximum Gasteiger partial charge on any atom is 0.286 e. The van der Waals surface area contributed by atoms with Gasteiger partial charge in [0.15, 0.2) is 11.5 Å². The fourth-order valence-electron chi connectivity index (χ4n) is 4.11. The number of benzene rings is 2. The van der Waals surface area contributed by atoms with Crippen LogP contribution >= 0.6 is 0 Å². The van der Waals surface area contributed by atoms with Crippen LogP contribution in [0, 0.1) is 0 Å². The molecule has 4 rings (SSSR count). The van der Waals surface area contributed by atoms with E-state index in [2.05, 4.69) is 28.0 Å². The number of aromatic amines is 1. The Bertz CT molecular complexity index is 1250. The van der Waals surface area contributed by atoms with Gasteiger partial charge in [-0.3, -0.25) is 4.79 Å². The molecule has 0 unspecified atom stereocenters. The van der Waals surface area contributed by atoms with E-state index in [1.165, 1.54) is 21.3 Å². The van der Waals surface area contributed by atoms with Crippen molar-refractivity contribution >= 4 is 28.4 Å². The number of aromatic nitrogens is 2. The van der Waals surface area contributed by atoms with Gasteiger partial charge >= 0.3 is 0 Å². The molecule has 1 fully saturated rings. The number of amidine groups is 1. The van der Waals surface area contributed by atoms with E-state index in [4.69, 9.17) is 19.2 Å². The number of nitrogens with zero attached hydrogens (tertiary/aromatic N) is 4. The summed E-state index contributed by atoms with van der Waals surface area (Å²) in [6.45, 7) is 1.59. The van der Waals surface area contributed by atoms with E-state index in [0.29, 0.717) is 40.6 Å². The molecule has 1 aromatic heterocycles. The highest BCUT2D eigenvalue weighted by Crippen LogP contribution is 2.41. The molecule has 0 radical (unpaired) electrons. The van der Waals surface area contributed by atoms with Crippen LogP contribution in [0.2, 0.25) is 0 Å². The molecule has 1 aliphatic rings. The highest BCUT2D eigenvalue weighted by Gasteiger charge is 2.20. The normalized spacial score (nSPS) is 14.7. The first-order valence-electron chi connectivity index (χ1n) is 10.8. The van der Waals surface area contributed by atoms with Crippen molar-refractivity contribution in [3.8, 4) is 17.2 Å². The molecular weight excluding hydrogens is 422 g/mol. The van der Waals surface area contributed by atoms with Gasteiger partial charge in [0.2, 0.25) is 11.7 Å². The minimum Gasteiger partial charge on any atom is -0.493 e. The Kier molecular flexibility index (Phi) is 6.39. The predicted octanol–water partition coefficient (Wildman–Crippen LogP) is 3.34. The van der Waals surface area contributed by atoms with Gasteiger partial charge in [-0.15, -0.1) is 0 Å². The first-order valence-corrected chi connectivity index (χ1v) is 10.8. The molecule has 174 valence electrons. The summed E-state index contributed by atoms with van der Waals surface area (Å²) in [7, 11) is 8.47. The lowest BCUT2D eigenvalue weighted by atomic mass is 10.2. The molecule has 1 aliphatic heterocycles. The molecule has 3 aromatic rings. The highest BCUT2D eigenvalue weighted by atomic mass is 16.5. The monoisotopic (exact) mass is 451 g/mol. The molecule has 0 saturated carbocycles. The molecule has 1 N–H and O–H groups in total. The Hall–Kier alpha value is -3.75. The number of likely N-dealkylation sites (tertiary alicyclic amines) is 1. The minimum atomic E-state index is -0.409. The molecule has 9 nitrogen and oxygen atoms in total. The summed E-state index contributed by atoms with van der Waals surface area (Å²) in [5.41, 5.74) is 2.13. The van der Waals surface area contributed by atoms with Crippen molar-refractivity contribution < 1.29 is 14.2 Å². The number of methoxy groups -OCH3 is 3. The lowest BCUT2D eigenvalue weighted by Crippen LogP contribution is -2.23. The molecular formula is C24H29N5O4. The van der Waals surface area contributed by atoms with E-state index in [1.54, 1.807) is 6.07 Å². The average molecular weight is 452 g/mol. The smallest absolute Gasteiger partial charge is 0.286 e. The highest BCUT2D eigenvalue weighted by molar-refractivity contribution is 5.90. The second-order valence-corrected chi connectivity index (χ2v) is 8.01. The number of rotatable bonds is 7. The van der Waals surface area contributed by atoms with Crippen LogP contribution in [0.25, 0.3) is 10.9 Å². The zero-order chi connectivity index (χ0) is 23.5. The molecule has 0 amide bonds. The molecule has 0 aliphatic carbocycles. The zero-order valence-electron chi connectivity index (χ0n) is 19.6. The van der Waals surface area contributed by atoms with Gasteiger partial charge < -0.3 is 29.0 Å².